The lowest BCUT2D eigenvalue weighted by molar-refractivity contribution is -0.140. The maximum Gasteiger partial charge on any atom is 0.314 e. The molecule has 0 spiro atoms. The maximum atomic E-state index is 14.0. The topological polar surface area (TPSA) is 26.3 Å². The van der Waals surface area contributed by atoms with E-state index in [1.165, 1.54) is 57.6 Å². The van der Waals surface area contributed by atoms with Crippen LogP contribution in [0.4, 0.5) is 8.78 Å². The first-order valence-corrected chi connectivity index (χ1v) is 12.2. The highest BCUT2D eigenvalue weighted by Gasteiger charge is 2.39. The minimum atomic E-state index is -1.07. The van der Waals surface area contributed by atoms with Crippen molar-refractivity contribution in [3.63, 3.8) is 0 Å². The van der Waals surface area contributed by atoms with Crippen LogP contribution in [-0.4, -0.2) is 5.97 Å². The number of fused-ring (bicyclic) bond motifs is 1. The normalized spacial score (nSPS) is 33.8. The summed E-state index contributed by atoms with van der Waals surface area (Å²) in [6.45, 7) is 3.62. The minimum absolute atomic E-state index is 0.201. The van der Waals surface area contributed by atoms with Gasteiger partial charge in [0.1, 0.15) is 0 Å². The van der Waals surface area contributed by atoms with E-state index in [2.05, 4.69) is 19.1 Å². The van der Waals surface area contributed by atoms with Crippen LogP contribution in [0, 0.1) is 54.1 Å². The molecule has 0 amide bonds. The van der Waals surface area contributed by atoms with Crippen LogP contribution in [0.15, 0.2) is 24.3 Å². The number of benzene rings is 1. The number of aryl methyl sites for hydroxylation is 1. The molecule has 0 saturated heterocycles. The Morgan fingerprint density at radius 1 is 0.871 bits per heavy atom. The average molecular weight is 431 g/mol. The number of halogens is 2. The number of allylic oxidation sites excluding steroid dienone is 2. The van der Waals surface area contributed by atoms with Gasteiger partial charge in [0.05, 0.1) is 5.92 Å². The first-order chi connectivity index (χ1) is 15.0. The summed E-state index contributed by atoms with van der Waals surface area (Å²) in [6.07, 6.45) is 16.5. The zero-order valence-corrected chi connectivity index (χ0v) is 18.9. The Labute approximate surface area is 185 Å². The summed E-state index contributed by atoms with van der Waals surface area (Å²) >= 11 is 0. The van der Waals surface area contributed by atoms with Gasteiger partial charge in [-0.2, -0.15) is 4.39 Å². The van der Waals surface area contributed by atoms with Crippen LogP contribution in [-0.2, 0) is 4.79 Å². The third kappa shape index (κ3) is 5.04. The van der Waals surface area contributed by atoms with Crippen LogP contribution < -0.4 is 4.74 Å². The monoisotopic (exact) mass is 430 g/mol. The molecule has 2 nitrogen and oxygen atoms in total. The fourth-order valence-electron chi connectivity index (χ4n) is 6.56. The molecule has 0 aliphatic heterocycles. The summed E-state index contributed by atoms with van der Waals surface area (Å²) in [5, 5.41) is 0. The number of hydrogen-bond donors (Lipinski definition) is 0. The number of carbonyl (C=O) groups is 1. The van der Waals surface area contributed by atoms with E-state index < -0.39 is 17.6 Å². The molecule has 3 fully saturated rings. The van der Waals surface area contributed by atoms with Crippen LogP contribution in [0.3, 0.4) is 0 Å². The second kappa shape index (κ2) is 9.83. The highest BCUT2D eigenvalue weighted by molar-refractivity contribution is 5.75. The van der Waals surface area contributed by atoms with Crippen LogP contribution >= 0.6 is 0 Å². The molecule has 4 rings (SSSR count). The molecule has 3 aliphatic carbocycles. The molecular formula is C27H36F2O2. The van der Waals surface area contributed by atoms with Crippen molar-refractivity contribution in [2.24, 2.45) is 35.5 Å². The summed E-state index contributed by atoms with van der Waals surface area (Å²) in [7, 11) is 0. The third-order valence-electron chi connectivity index (χ3n) is 8.38. The van der Waals surface area contributed by atoms with E-state index in [0.29, 0.717) is 5.92 Å². The van der Waals surface area contributed by atoms with E-state index in [9.17, 15) is 13.6 Å². The summed E-state index contributed by atoms with van der Waals surface area (Å²) in [5.74, 6) is 1.17. The molecular weight excluding hydrogens is 394 g/mol. The number of esters is 1. The molecule has 4 atom stereocenters. The second-order valence-electron chi connectivity index (χ2n) is 10.2. The highest BCUT2D eigenvalue weighted by atomic mass is 19.2. The Morgan fingerprint density at radius 3 is 2.19 bits per heavy atom. The average Bonchev–Trinajstić information content (AvgIpc) is 2.79. The zero-order valence-electron chi connectivity index (χ0n) is 18.9. The van der Waals surface area contributed by atoms with Gasteiger partial charge in [0, 0.05) is 0 Å². The third-order valence-corrected chi connectivity index (χ3v) is 8.38. The van der Waals surface area contributed by atoms with Gasteiger partial charge in [-0.1, -0.05) is 18.2 Å². The van der Waals surface area contributed by atoms with Gasteiger partial charge in [-0.3, -0.25) is 4.79 Å². The van der Waals surface area contributed by atoms with Crippen molar-refractivity contribution in [1.29, 1.82) is 0 Å². The molecule has 0 radical (unpaired) electrons. The minimum Gasteiger partial charge on any atom is -0.423 e. The van der Waals surface area contributed by atoms with Gasteiger partial charge in [-0.05, 0) is 119 Å². The molecule has 0 heterocycles. The van der Waals surface area contributed by atoms with Crippen LogP contribution in [0.1, 0.15) is 76.7 Å². The standard InChI is InChI=1S/C27H36F2O2/c1-3-4-18-6-7-23-16-22(13-12-21(23)15-18)19-8-10-20(11-9-19)27(30)31-24-14-5-17(2)25(28)26(24)29/h3-5,14,18-23H,6-13,15-16H2,1-2H3/b4-3+. The lowest BCUT2D eigenvalue weighted by Crippen LogP contribution is -2.35. The zero-order chi connectivity index (χ0) is 22.0. The number of carbonyl (C=O) groups excluding carboxylic acids is 1. The predicted molar refractivity (Wildman–Crippen MR) is 119 cm³/mol. The largest absolute Gasteiger partial charge is 0.423 e. The van der Waals surface area contributed by atoms with Gasteiger partial charge >= 0.3 is 5.97 Å². The van der Waals surface area contributed by atoms with E-state index >= 15 is 0 Å². The number of hydrogen-bond acceptors (Lipinski definition) is 2. The van der Waals surface area contributed by atoms with Crippen LogP contribution in [0.2, 0.25) is 0 Å². The SMILES string of the molecule is C/C=C/C1CCC2CC(C3CCC(C(=O)Oc4ccc(C)c(F)c4F)CC3)CCC2C1. The van der Waals surface area contributed by atoms with E-state index in [-0.39, 0.29) is 17.2 Å². The number of rotatable bonds is 4. The van der Waals surface area contributed by atoms with E-state index in [1.807, 2.05) is 0 Å². The lowest BCUT2D eigenvalue weighted by Gasteiger charge is -2.45. The lowest BCUT2D eigenvalue weighted by atomic mass is 9.61. The summed E-state index contributed by atoms with van der Waals surface area (Å²) < 4.78 is 33.0. The molecule has 170 valence electrons. The van der Waals surface area contributed by atoms with Crippen molar-refractivity contribution in [3.8, 4) is 5.75 Å². The fraction of sp³-hybridized carbons (Fsp3) is 0.667. The van der Waals surface area contributed by atoms with Crippen LogP contribution in [0.25, 0.3) is 0 Å². The van der Waals surface area contributed by atoms with Crippen LogP contribution in [0.5, 0.6) is 5.75 Å². The van der Waals surface area contributed by atoms with Gasteiger partial charge < -0.3 is 4.74 Å². The summed E-state index contributed by atoms with van der Waals surface area (Å²) in [5.41, 5.74) is 0.211. The second-order valence-corrected chi connectivity index (χ2v) is 10.2. The van der Waals surface area contributed by atoms with Crippen molar-refractivity contribution in [1.82, 2.24) is 0 Å². The highest BCUT2D eigenvalue weighted by Crippen LogP contribution is 2.49. The first-order valence-electron chi connectivity index (χ1n) is 12.2. The predicted octanol–water partition coefficient (Wildman–Crippen LogP) is 7.39. The van der Waals surface area contributed by atoms with Crippen molar-refractivity contribution in [2.75, 3.05) is 0 Å². The first kappa shape index (κ1) is 22.5. The van der Waals surface area contributed by atoms with Crippen molar-refractivity contribution in [2.45, 2.75) is 78.1 Å². The molecule has 0 aromatic heterocycles. The van der Waals surface area contributed by atoms with E-state index in [1.54, 1.807) is 0 Å². The summed E-state index contributed by atoms with van der Waals surface area (Å²) in [6, 6.07) is 2.79. The molecule has 0 N–H and O–H groups in total. The van der Waals surface area contributed by atoms with E-state index in [0.717, 1.165) is 49.4 Å². The van der Waals surface area contributed by atoms with Gasteiger partial charge in [0.25, 0.3) is 0 Å². The Kier molecular flexibility index (Phi) is 7.13. The molecule has 1 aromatic rings. The van der Waals surface area contributed by atoms with E-state index in [4.69, 9.17) is 4.74 Å². The Bertz CT molecular complexity index is 810. The Balaban J connectivity index is 1.26. The molecule has 1 aromatic carbocycles. The molecule has 3 aliphatic rings. The smallest absolute Gasteiger partial charge is 0.314 e. The molecule has 0 bridgehead atoms. The van der Waals surface area contributed by atoms with Crippen molar-refractivity contribution < 1.29 is 18.3 Å². The molecule has 31 heavy (non-hydrogen) atoms. The fourth-order valence-corrected chi connectivity index (χ4v) is 6.56. The number of ether oxygens (including phenoxy) is 1. The quantitative estimate of drug-likeness (QED) is 0.283. The molecule has 4 unspecified atom stereocenters. The van der Waals surface area contributed by atoms with Crippen molar-refractivity contribution in [3.05, 3.63) is 41.5 Å². The Morgan fingerprint density at radius 2 is 1.48 bits per heavy atom. The molecule has 3 saturated carbocycles. The van der Waals surface area contributed by atoms with Gasteiger partial charge in [0.2, 0.25) is 5.82 Å². The maximum absolute atomic E-state index is 14.0. The van der Waals surface area contributed by atoms with Gasteiger partial charge in [-0.25, -0.2) is 4.39 Å². The van der Waals surface area contributed by atoms with Crippen molar-refractivity contribution >= 4 is 5.97 Å². The Hall–Kier alpha value is -1.71. The van der Waals surface area contributed by atoms with Gasteiger partial charge in [0.15, 0.2) is 11.6 Å². The van der Waals surface area contributed by atoms with Gasteiger partial charge in [-0.15, -0.1) is 0 Å². The summed E-state index contributed by atoms with van der Waals surface area (Å²) in [4.78, 5) is 12.6. The molecule has 4 heteroatoms.